The number of carbonyl (C=O) groups is 1. The molecular weight excluding hydrogens is 250 g/mol. The number of carboxylic acids is 1. The Morgan fingerprint density at radius 3 is 2.86 bits per heavy atom. The predicted molar refractivity (Wildman–Crippen MR) is 55.6 cm³/mol. The average Bonchev–Trinajstić information content (AvgIpc) is 2.48. The molecule has 0 saturated heterocycles. The Hall–Kier alpha value is -0.810. The van der Waals surface area contributed by atoms with E-state index in [1.54, 1.807) is 23.9 Å². The van der Waals surface area contributed by atoms with Crippen molar-refractivity contribution in [1.82, 2.24) is 4.57 Å². The Bertz CT molecular complexity index is 335. The fraction of sp³-hybridized carbons (Fsp3) is 0.444. The summed E-state index contributed by atoms with van der Waals surface area (Å²) >= 11 is 3.29. The highest BCUT2D eigenvalue weighted by molar-refractivity contribution is 9.10. The molecule has 0 aromatic carbocycles. The summed E-state index contributed by atoms with van der Waals surface area (Å²) in [5, 5.41) is 8.75. The Labute approximate surface area is 90.6 Å². The van der Waals surface area contributed by atoms with Crippen molar-refractivity contribution < 1.29 is 14.6 Å². The van der Waals surface area contributed by atoms with Gasteiger partial charge in [-0.15, -0.1) is 0 Å². The Morgan fingerprint density at radius 2 is 2.43 bits per heavy atom. The molecule has 1 N–H and O–H groups in total. The van der Waals surface area contributed by atoms with Gasteiger partial charge in [-0.05, 0) is 28.9 Å². The molecule has 1 aromatic rings. The van der Waals surface area contributed by atoms with Crippen molar-refractivity contribution in [3.05, 3.63) is 22.4 Å². The molecule has 78 valence electrons. The van der Waals surface area contributed by atoms with Crippen LogP contribution in [-0.4, -0.2) is 28.9 Å². The van der Waals surface area contributed by atoms with Gasteiger partial charge in [-0.25, -0.2) is 4.79 Å². The van der Waals surface area contributed by atoms with Crippen LogP contribution < -0.4 is 0 Å². The SMILES string of the molecule is COC(C)Cn1cc(C(=O)O)cc1Br. The lowest BCUT2D eigenvalue weighted by Gasteiger charge is -2.11. The van der Waals surface area contributed by atoms with E-state index in [9.17, 15) is 4.79 Å². The number of halogens is 1. The van der Waals surface area contributed by atoms with Crippen LogP contribution in [0.1, 0.15) is 17.3 Å². The van der Waals surface area contributed by atoms with Gasteiger partial charge in [0.2, 0.25) is 0 Å². The standard InChI is InChI=1S/C9H12BrNO3/c1-6(14-2)4-11-5-7(9(12)13)3-8(11)10/h3,5-6H,4H2,1-2H3,(H,12,13). The highest BCUT2D eigenvalue weighted by Crippen LogP contribution is 2.16. The van der Waals surface area contributed by atoms with Crippen molar-refractivity contribution in [3.8, 4) is 0 Å². The van der Waals surface area contributed by atoms with Crippen LogP contribution in [0.15, 0.2) is 16.9 Å². The molecule has 1 unspecified atom stereocenters. The largest absolute Gasteiger partial charge is 0.478 e. The molecular formula is C9H12BrNO3. The van der Waals surface area contributed by atoms with E-state index >= 15 is 0 Å². The second-order valence-electron chi connectivity index (χ2n) is 3.06. The molecule has 0 fully saturated rings. The van der Waals surface area contributed by atoms with E-state index in [0.29, 0.717) is 6.54 Å². The van der Waals surface area contributed by atoms with E-state index in [1.807, 2.05) is 6.92 Å². The summed E-state index contributed by atoms with van der Waals surface area (Å²) in [7, 11) is 1.63. The van der Waals surface area contributed by atoms with E-state index in [2.05, 4.69) is 15.9 Å². The first kappa shape index (κ1) is 11.3. The van der Waals surface area contributed by atoms with Crippen LogP contribution in [0.3, 0.4) is 0 Å². The second-order valence-corrected chi connectivity index (χ2v) is 3.87. The summed E-state index contributed by atoms with van der Waals surface area (Å²) < 4.78 is 7.64. The van der Waals surface area contributed by atoms with E-state index in [-0.39, 0.29) is 11.7 Å². The summed E-state index contributed by atoms with van der Waals surface area (Å²) in [5.41, 5.74) is 0.278. The summed E-state index contributed by atoms with van der Waals surface area (Å²) in [6, 6.07) is 1.57. The van der Waals surface area contributed by atoms with Crippen molar-refractivity contribution in [2.24, 2.45) is 0 Å². The van der Waals surface area contributed by atoms with Gasteiger partial charge in [0.15, 0.2) is 0 Å². The van der Waals surface area contributed by atoms with E-state index in [1.165, 1.54) is 0 Å². The van der Waals surface area contributed by atoms with Crippen LogP contribution in [0.4, 0.5) is 0 Å². The third kappa shape index (κ3) is 2.59. The molecule has 0 aliphatic rings. The molecule has 0 bridgehead atoms. The molecule has 0 aliphatic carbocycles. The van der Waals surface area contributed by atoms with E-state index in [4.69, 9.17) is 9.84 Å². The predicted octanol–water partition coefficient (Wildman–Crippen LogP) is 1.98. The Morgan fingerprint density at radius 1 is 1.79 bits per heavy atom. The molecule has 14 heavy (non-hydrogen) atoms. The van der Waals surface area contributed by atoms with Crippen LogP contribution in [-0.2, 0) is 11.3 Å². The maximum absolute atomic E-state index is 10.7. The van der Waals surface area contributed by atoms with Gasteiger partial charge in [-0.1, -0.05) is 0 Å². The maximum atomic E-state index is 10.7. The molecule has 0 amide bonds. The fourth-order valence-corrected chi connectivity index (χ4v) is 1.58. The van der Waals surface area contributed by atoms with Crippen molar-refractivity contribution >= 4 is 21.9 Å². The number of aromatic nitrogens is 1. The smallest absolute Gasteiger partial charge is 0.337 e. The number of hydrogen-bond acceptors (Lipinski definition) is 2. The molecule has 1 aromatic heterocycles. The zero-order valence-corrected chi connectivity index (χ0v) is 9.61. The molecule has 0 saturated carbocycles. The van der Waals surface area contributed by atoms with E-state index in [0.717, 1.165) is 4.60 Å². The lowest BCUT2D eigenvalue weighted by Crippen LogP contribution is -2.14. The maximum Gasteiger partial charge on any atom is 0.337 e. The number of carboxylic acid groups (broad SMARTS) is 1. The van der Waals surface area contributed by atoms with Crippen molar-refractivity contribution in [1.29, 1.82) is 0 Å². The molecule has 0 aliphatic heterocycles. The van der Waals surface area contributed by atoms with Gasteiger partial charge in [0, 0.05) is 19.9 Å². The monoisotopic (exact) mass is 261 g/mol. The van der Waals surface area contributed by atoms with Crippen LogP contribution in [0.25, 0.3) is 0 Å². The normalized spacial score (nSPS) is 12.8. The number of ether oxygens (including phenoxy) is 1. The highest BCUT2D eigenvalue weighted by atomic mass is 79.9. The van der Waals surface area contributed by atoms with Gasteiger partial charge in [0.25, 0.3) is 0 Å². The summed E-state index contributed by atoms with van der Waals surface area (Å²) in [6.07, 6.45) is 1.64. The van der Waals surface area contributed by atoms with Gasteiger partial charge in [0.05, 0.1) is 16.3 Å². The summed E-state index contributed by atoms with van der Waals surface area (Å²) in [5.74, 6) is -0.922. The fourth-order valence-electron chi connectivity index (χ4n) is 1.09. The van der Waals surface area contributed by atoms with Crippen LogP contribution >= 0.6 is 15.9 Å². The second kappa shape index (κ2) is 4.61. The molecule has 1 rings (SSSR count). The van der Waals surface area contributed by atoms with E-state index < -0.39 is 5.97 Å². The Balaban J connectivity index is 2.82. The van der Waals surface area contributed by atoms with Crippen LogP contribution in [0.5, 0.6) is 0 Å². The summed E-state index contributed by atoms with van der Waals surface area (Å²) in [6.45, 7) is 2.55. The minimum atomic E-state index is -0.922. The lowest BCUT2D eigenvalue weighted by atomic mass is 10.3. The molecule has 5 heteroatoms. The lowest BCUT2D eigenvalue weighted by molar-refractivity contribution is 0.0696. The minimum absolute atomic E-state index is 0.0559. The number of hydrogen-bond donors (Lipinski definition) is 1. The number of nitrogens with zero attached hydrogens (tertiary/aromatic N) is 1. The zero-order chi connectivity index (χ0) is 10.7. The summed E-state index contributed by atoms with van der Waals surface area (Å²) in [4.78, 5) is 10.7. The van der Waals surface area contributed by atoms with Gasteiger partial charge in [-0.2, -0.15) is 0 Å². The van der Waals surface area contributed by atoms with Crippen LogP contribution in [0, 0.1) is 0 Å². The number of rotatable bonds is 4. The minimum Gasteiger partial charge on any atom is -0.478 e. The van der Waals surface area contributed by atoms with Crippen molar-refractivity contribution in [2.45, 2.75) is 19.6 Å². The van der Waals surface area contributed by atoms with Crippen molar-refractivity contribution in [2.75, 3.05) is 7.11 Å². The first-order valence-corrected chi connectivity index (χ1v) is 4.95. The third-order valence-electron chi connectivity index (χ3n) is 1.95. The third-order valence-corrected chi connectivity index (χ3v) is 2.63. The average molecular weight is 262 g/mol. The van der Waals surface area contributed by atoms with Crippen molar-refractivity contribution in [3.63, 3.8) is 0 Å². The molecule has 4 nitrogen and oxygen atoms in total. The van der Waals surface area contributed by atoms with Crippen LogP contribution in [0.2, 0.25) is 0 Å². The quantitative estimate of drug-likeness (QED) is 0.902. The first-order valence-electron chi connectivity index (χ1n) is 4.16. The zero-order valence-electron chi connectivity index (χ0n) is 8.03. The topological polar surface area (TPSA) is 51.5 Å². The van der Waals surface area contributed by atoms with Gasteiger partial charge in [0.1, 0.15) is 0 Å². The van der Waals surface area contributed by atoms with Gasteiger partial charge < -0.3 is 14.4 Å². The molecule has 0 spiro atoms. The van der Waals surface area contributed by atoms with Gasteiger partial charge >= 0.3 is 5.97 Å². The Kier molecular flexibility index (Phi) is 3.71. The molecule has 1 heterocycles. The number of aromatic carboxylic acids is 1. The molecule has 0 radical (unpaired) electrons. The number of methoxy groups -OCH3 is 1. The molecule has 1 atom stereocenters. The first-order chi connectivity index (χ1) is 6.54. The highest BCUT2D eigenvalue weighted by Gasteiger charge is 2.10. The van der Waals surface area contributed by atoms with Gasteiger partial charge in [-0.3, -0.25) is 0 Å².